The summed E-state index contributed by atoms with van der Waals surface area (Å²) in [5.74, 6) is 2.18. The van der Waals surface area contributed by atoms with Gasteiger partial charge < -0.3 is 15.1 Å². The largest absolute Gasteiger partial charge is 0.461 e. The van der Waals surface area contributed by atoms with E-state index in [9.17, 15) is 4.79 Å². The Kier molecular flexibility index (Phi) is 5.65. The Labute approximate surface area is 162 Å². The van der Waals surface area contributed by atoms with Gasteiger partial charge in [0.05, 0.1) is 0 Å². The summed E-state index contributed by atoms with van der Waals surface area (Å²) in [6, 6.07) is 13.9. The lowest BCUT2D eigenvalue weighted by molar-refractivity contribution is -0.116. The van der Waals surface area contributed by atoms with E-state index in [2.05, 4.69) is 15.6 Å². The van der Waals surface area contributed by atoms with Gasteiger partial charge in [-0.3, -0.25) is 4.79 Å². The Morgan fingerprint density at radius 3 is 2.81 bits per heavy atom. The summed E-state index contributed by atoms with van der Waals surface area (Å²) in [5, 5.41) is 6.99. The Bertz CT molecular complexity index is 882. The highest BCUT2D eigenvalue weighted by atomic mass is 32.1. The maximum Gasteiger partial charge on any atom is 0.226 e. The molecule has 0 radical (unpaired) electrons. The van der Waals surface area contributed by atoms with Gasteiger partial charge in [-0.2, -0.15) is 0 Å². The number of nitrogens with one attached hydrogen (secondary N) is 2. The van der Waals surface area contributed by atoms with Crippen LogP contribution in [0.4, 0.5) is 5.13 Å². The average Bonchev–Trinajstić information content (AvgIpc) is 3.37. The van der Waals surface area contributed by atoms with Crippen LogP contribution < -0.4 is 10.6 Å². The second kappa shape index (κ2) is 8.50. The number of furan rings is 1. The van der Waals surface area contributed by atoms with Crippen molar-refractivity contribution in [2.24, 2.45) is 0 Å². The summed E-state index contributed by atoms with van der Waals surface area (Å²) in [5.41, 5.74) is 1.04. The molecule has 3 heterocycles. The van der Waals surface area contributed by atoms with Crippen LogP contribution in [0.2, 0.25) is 0 Å². The minimum Gasteiger partial charge on any atom is -0.461 e. The highest BCUT2D eigenvalue weighted by Crippen LogP contribution is 2.31. The van der Waals surface area contributed by atoms with Crippen LogP contribution in [-0.2, 0) is 11.2 Å². The van der Waals surface area contributed by atoms with E-state index in [0.29, 0.717) is 23.9 Å². The number of rotatable bonds is 6. The molecular weight excluding hydrogens is 358 g/mol. The number of aryl methyl sites for hydroxylation is 1. The Balaban J connectivity index is 1.29. The third-order valence-electron chi connectivity index (χ3n) is 4.83. The number of nitrogens with zero attached hydrogens (tertiary/aromatic N) is 1. The van der Waals surface area contributed by atoms with E-state index < -0.39 is 0 Å². The molecule has 0 unspecified atom stereocenters. The molecule has 1 aliphatic rings. The predicted octanol–water partition coefficient (Wildman–Crippen LogP) is 4.44. The average molecular weight is 382 g/mol. The summed E-state index contributed by atoms with van der Waals surface area (Å²) in [6.07, 6.45) is 5.14. The third kappa shape index (κ3) is 4.64. The highest BCUT2D eigenvalue weighted by molar-refractivity contribution is 7.15. The predicted molar refractivity (Wildman–Crippen MR) is 108 cm³/mol. The summed E-state index contributed by atoms with van der Waals surface area (Å²) in [4.78, 5) is 17.9. The quantitative estimate of drug-likeness (QED) is 0.662. The fourth-order valence-corrected chi connectivity index (χ4v) is 4.33. The zero-order valence-electron chi connectivity index (χ0n) is 15.1. The number of carbonyl (C=O) groups is 1. The number of thiazole rings is 1. The molecular formula is C21H23N3O2S. The van der Waals surface area contributed by atoms with E-state index in [-0.39, 0.29) is 5.91 Å². The van der Waals surface area contributed by atoms with Crippen molar-refractivity contribution in [2.75, 3.05) is 18.4 Å². The number of hydrogen-bond acceptors (Lipinski definition) is 5. The summed E-state index contributed by atoms with van der Waals surface area (Å²) in [7, 11) is 0. The third-order valence-corrected chi connectivity index (χ3v) is 5.91. The van der Waals surface area contributed by atoms with Crippen LogP contribution >= 0.6 is 11.3 Å². The molecule has 1 fully saturated rings. The van der Waals surface area contributed by atoms with Crippen molar-refractivity contribution in [2.45, 2.75) is 31.6 Å². The second-order valence-corrected chi connectivity index (χ2v) is 7.83. The van der Waals surface area contributed by atoms with Gasteiger partial charge in [-0.1, -0.05) is 30.3 Å². The van der Waals surface area contributed by atoms with E-state index in [1.54, 1.807) is 11.3 Å². The first-order valence-corrected chi connectivity index (χ1v) is 10.2. The molecule has 3 aromatic rings. The lowest BCUT2D eigenvalue weighted by Gasteiger charge is -2.20. The number of carbonyl (C=O) groups excluding carboxylic acids is 1. The minimum atomic E-state index is -0.0288. The van der Waals surface area contributed by atoms with Crippen molar-refractivity contribution in [1.29, 1.82) is 0 Å². The fraction of sp³-hybridized carbons (Fsp3) is 0.333. The van der Waals surface area contributed by atoms with Gasteiger partial charge in [0.1, 0.15) is 11.5 Å². The first-order chi connectivity index (χ1) is 13.3. The van der Waals surface area contributed by atoms with Crippen LogP contribution in [0, 0.1) is 0 Å². The lowest BCUT2D eigenvalue weighted by Crippen LogP contribution is -2.26. The standard InChI is InChI=1S/C21H23N3O2S/c25-20(24-21-23-14-19(27-21)16-10-12-22-13-11-16)9-7-17-6-8-18(26-17)15-4-2-1-3-5-15/h1-6,8,14,16,22H,7,9-13H2,(H,23,24,25). The van der Waals surface area contributed by atoms with Crippen molar-refractivity contribution in [3.05, 3.63) is 59.3 Å². The molecule has 1 aliphatic heterocycles. The Morgan fingerprint density at radius 1 is 1.19 bits per heavy atom. The number of aromatic nitrogens is 1. The topological polar surface area (TPSA) is 67.2 Å². The summed E-state index contributed by atoms with van der Waals surface area (Å²) >= 11 is 1.60. The van der Waals surface area contributed by atoms with E-state index in [4.69, 9.17) is 4.42 Å². The van der Waals surface area contributed by atoms with E-state index in [1.807, 2.05) is 48.7 Å². The lowest BCUT2D eigenvalue weighted by atomic mass is 9.97. The number of amides is 1. The van der Waals surface area contributed by atoms with Crippen LogP contribution in [0.25, 0.3) is 11.3 Å². The SMILES string of the molecule is O=C(CCc1ccc(-c2ccccc2)o1)Nc1ncc(C2CCNCC2)s1. The van der Waals surface area contributed by atoms with Gasteiger partial charge in [0, 0.05) is 29.5 Å². The van der Waals surface area contributed by atoms with Crippen LogP contribution in [-0.4, -0.2) is 24.0 Å². The van der Waals surface area contributed by atoms with E-state index >= 15 is 0 Å². The Morgan fingerprint density at radius 2 is 2.00 bits per heavy atom. The smallest absolute Gasteiger partial charge is 0.226 e. The number of benzene rings is 1. The van der Waals surface area contributed by atoms with Crippen molar-refractivity contribution in [1.82, 2.24) is 10.3 Å². The molecule has 1 amide bonds. The zero-order chi connectivity index (χ0) is 18.5. The molecule has 140 valence electrons. The van der Waals surface area contributed by atoms with Crippen molar-refractivity contribution < 1.29 is 9.21 Å². The van der Waals surface area contributed by atoms with Crippen LogP contribution in [0.5, 0.6) is 0 Å². The molecule has 27 heavy (non-hydrogen) atoms. The van der Waals surface area contributed by atoms with E-state index in [0.717, 1.165) is 43.0 Å². The maximum absolute atomic E-state index is 12.3. The van der Waals surface area contributed by atoms with Crippen LogP contribution in [0.3, 0.4) is 0 Å². The van der Waals surface area contributed by atoms with Crippen molar-refractivity contribution in [3.63, 3.8) is 0 Å². The molecule has 0 saturated carbocycles. The Hall–Kier alpha value is -2.44. The van der Waals surface area contributed by atoms with Crippen LogP contribution in [0.1, 0.15) is 35.8 Å². The minimum absolute atomic E-state index is 0.0288. The summed E-state index contributed by atoms with van der Waals surface area (Å²) in [6.45, 7) is 2.11. The van der Waals surface area contributed by atoms with Gasteiger partial charge in [-0.05, 0) is 44.0 Å². The molecule has 0 spiro atoms. The van der Waals surface area contributed by atoms with Gasteiger partial charge in [0.25, 0.3) is 0 Å². The molecule has 2 aromatic heterocycles. The highest BCUT2D eigenvalue weighted by Gasteiger charge is 2.18. The normalized spacial score (nSPS) is 15.0. The number of piperidine rings is 1. The van der Waals surface area contributed by atoms with E-state index in [1.165, 1.54) is 4.88 Å². The zero-order valence-corrected chi connectivity index (χ0v) is 15.9. The van der Waals surface area contributed by atoms with Crippen LogP contribution in [0.15, 0.2) is 53.1 Å². The molecule has 0 aliphatic carbocycles. The molecule has 4 rings (SSSR count). The van der Waals surface area contributed by atoms with Gasteiger partial charge in [-0.15, -0.1) is 11.3 Å². The van der Waals surface area contributed by atoms with Crippen molar-refractivity contribution in [3.8, 4) is 11.3 Å². The molecule has 1 saturated heterocycles. The van der Waals surface area contributed by atoms with Crippen molar-refractivity contribution >= 4 is 22.4 Å². The van der Waals surface area contributed by atoms with Gasteiger partial charge >= 0.3 is 0 Å². The molecule has 5 nitrogen and oxygen atoms in total. The van der Waals surface area contributed by atoms with Gasteiger partial charge in [0.2, 0.25) is 5.91 Å². The monoisotopic (exact) mass is 381 g/mol. The molecule has 0 bridgehead atoms. The molecule has 1 aromatic carbocycles. The number of hydrogen-bond donors (Lipinski definition) is 2. The summed E-state index contributed by atoms with van der Waals surface area (Å²) < 4.78 is 5.85. The second-order valence-electron chi connectivity index (χ2n) is 6.77. The molecule has 0 atom stereocenters. The fourth-order valence-electron chi connectivity index (χ4n) is 3.33. The number of anilines is 1. The van der Waals surface area contributed by atoms with Gasteiger partial charge in [-0.25, -0.2) is 4.98 Å². The molecule has 6 heteroatoms. The van der Waals surface area contributed by atoms with Gasteiger partial charge in [0.15, 0.2) is 5.13 Å². The maximum atomic E-state index is 12.3. The molecule has 2 N–H and O–H groups in total. The first kappa shape index (κ1) is 17.9. The first-order valence-electron chi connectivity index (χ1n) is 9.38.